The van der Waals surface area contributed by atoms with Gasteiger partial charge >= 0.3 is 0 Å². The van der Waals surface area contributed by atoms with Crippen molar-refractivity contribution >= 4 is 23.5 Å². The third kappa shape index (κ3) is 4.64. The fraction of sp³-hybridized carbons (Fsp3) is 0.778. The normalized spacial score (nSPS) is 16.1. The number of carbonyl (C=O) groups is 2. The minimum Gasteiger partial charge on any atom is -0.742 e. The molecule has 1 N–H and O–H groups in total. The van der Waals surface area contributed by atoms with Crippen LogP contribution in [0.4, 0.5) is 0 Å². The van der Waals surface area contributed by atoms with Crippen molar-refractivity contribution in [1.82, 2.24) is 0 Å². The summed E-state index contributed by atoms with van der Waals surface area (Å²) >= 11 is 4.38. The first-order chi connectivity index (χ1) is 6.07. The molecule has 0 saturated carbocycles. The number of aliphatic hydroxyl groups is 1. The lowest BCUT2D eigenvalue weighted by atomic mass is 9.94. The summed E-state index contributed by atoms with van der Waals surface area (Å²) in [5.74, 6) is -0.413. The standard InChI is InChI=1S/C9H17NO3S/c1-7(11)9(13,5-8(12)14)6-10(2,3)4/h13H,5-6H2,1-4H3. The summed E-state index contributed by atoms with van der Waals surface area (Å²) in [6.07, 6.45) is -0.285. The minimum atomic E-state index is -1.61. The van der Waals surface area contributed by atoms with Crippen molar-refractivity contribution in [2.24, 2.45) is 0 Å². The monoisotopic (exact) mass is 219 g/mol. The van der Waals surface area contributed by atoms with Crippen LogP contribution in [0.5, 0.6) is 0 Å². The van der Waals surface area contributed by atoms with Crippen LogP contribution >= 0.6 is 0 Å². The Morgan fingerprint density at radius 1 is 1.36 bits per heavy atom. The molecule has 0 radical (unpaired) electrons. The average molecular weight is 219 g/mol. The molecule has 1 atom stereocenters. The Hall–Kier alpha value is -0.520. The SMILES string of the molecule is CC(=O)C(O)(CC(=O)[S-])C[N+](C)(C)C. The van der Waals surface area contributed by atoms with Gasteiger partial charge in [-0.15, -0.1) is 0 Å². The number of hydrogen-bond donors (Lipinski definition) is 1. The van der Waals surface area contributed by atoms with Crippen molar-refractivity contribution in [3.05, 3.63) is 0 Å². The molecule has 0 aliphatic heterocycles. The molecule has 0 rings (SSSR count). The van der Waals surface area contributed by atoms with Gasteiger partial charge in [-0.25, -0.2) is 0 Å². The highest BCUT2D eigenvalue weighted by molar-refractivity contribution is 7.77. The maximum Gasteiger partial charge on any atom is 0.176 e. The largest absolute Gasteiger partial charge is 0.742 e. The molecule has 0 aromatic carbocycles. The number of hydrogen-bond acceptors (Lipinski definition) is 4. The highest BCUT2D eigenvalue weighted by Gasteiger charge is 2.38. The highest BCUT2D eigenvalue weighted by atomic mass is 32.1. The van der Waals surface area contributed by atoms with Crippen LogP contribution in [0.3, 0.4) is 0 Å². The van der Waals surface area contributed by atoms with E-state index in [0.29, 0.717) is 4.48 Å². The summed E-state index contributed by atoms with van der Waals surface area (Å²) in [4.78, 5) is 22.0. The second-order valence-corrected chi connectivity index (χ2v) is 5.04. The predicted molar refractivity (Wildman–Crippen MR) is 55.5 cm³/mol. The Balaban J connectivity index is 4.73. The quantitative estimate of drug-likeness (QED) is 0.499. The third-order valence-corrected chi connectivity index (χ3v) is 1.97. The topological polar surface area (TPSA) is 54.4 Å². The lowest BCUT2D eigenvalue weighted by Gasteiger charge is -2.34. The van der Waals surface area contributed by atoms with Gasteiger partial charge in [0.15, 0.2) is 11.4 Å². The lowest BCUT2D eigenvalue weighted by molar-refractivity contribution is -0.875. The van der Waals surface area contributed by atoms with E-state index >= 15 is 0 Å². The fourth-order valence-electron chi connectivity index (χ4n) is 1.32. The summed E-state index contributed by atoms with van der Waals surface area (Å²) in [5.41, 5.74) is -1.61. The number of carbonyl (C=O) groups excluding carboxylic acids is 2. The molecule has 14 heavy (non-hydrogen) atoms. The van der Waals surface area contributed by atoms with Crippen LogP contribution < -0.4 is 0 Å². The van der Waals surface area contributed by atoms with Crippen molar-refractivity contribution in [3.8, 4) is 0 Å². The molecular weight excluding hydrogens is 202 g/mol. The first-order valence-electron chi connectivity index (χ1n) is 4.30. The molecular formula is C9H17NO3S. The van der Waals surface area contributed by atoms with E-state index in [4.69, 9.17) is 0 Å². The number of Topliss-reactive ketones (excluding diaryl/α,β-unsaturated/α-hetero) is 1. The van der Waals surface area contributed by atoms with Crippen molar-refractivity contribution in [3.63, 3.8) is 0 Å². The Kier molecular flexibility index (Phi) is 4.17. The van der Waals surface area contributed by atoms with Crippen LogP contribution in [0.15, 0.2) is 0 Å². The molecule has 0 bridgehead atoms. The average Bonchev–Trinajstić information content (AvgIpc) is 1.79. The molecule has 0 fully saturated rings. The van der Waals surface area contributed by atoms with Crippen LogP contribution in [0, 0.1) is 0 Å². The summed E-state index contributed by atoms with van der Waals surface area (Å²) in [7, 11) is 5.51. The van der Waals surface area contributed by atoms with Gasteiger partial charge in [0.1, 0.15) is 6.54 Å². The zero-order valence-corrected chi connectivity index (χ0v) is 9.85. The van der Waals surface area contributed by atoms with Crippen LogP contribution in [-0.2, 0) is 22.2 Å². The van der Waals surface area contributed by atoms with Gasteiger partial charge in [-0.05, 0) is 6.92 Å². The van der Waals surface area contributed by atoms with Crippen LogP contribution in [0.25, 0.3) is 0 Å². The Labute approximate surface area is 89.9 Å². The smallest absolute Gasteiger partial charge is 0.176 e. The second-order valence-electron chi connectivity index (χ2n) is 4.58. The number of quaternary nitrogens is 1. The Bertz CT molecular complexity index is 247. The Morgan fingerprint density at radius 3 is 2.00 bits per heavy atom. The van der Waals surface area contributed by atoms with Gasteiger partial charge in [-0.3, -0.25) is 4.79 Å². The molecule has 0 aromatic heterocycles. The molecule has 82 valence electrons. The fourth-order valence-corrected chi connectivity index (χ4v) is 1.55. The minimum absolute atomic E-state index is 0.185. The third-order valence-electron chi connectivity index (χ3n) is 1.83. The molecule has 0 saturated heterocycles. The van der Waals surface area contributed by atoms with Gasteiger partial charge in [0, 0.05) is 11.5 Å². The lowest BCUT2D eigenvalue weighted by Crippen LogP contribution is -2.54. The number of ketones is 1. The number of rotatable bonds is 5. The second kappa shape index (κ2) is 4.33. The molecule has 5 heteroatoms. The van der Waals surface area contributed by atoms with E-state index in [1.807, 2.05) is 21.1 Å². The first-order valence-corrected chi connectivity index (χ1v) is 4.71. The van der Waals surface area contributed by atoms with E-state index in [2.05, 4.69) is 12.6 Å². The molecule has 1 unspecified atom stereocenters. The summed E-state index contributed by atoms with van der Waals surface area (Å²) in [6.45, 7) is 1.46. The van der Waals surface area contributed by atoms with E-state index < -0.39 is 16.5 Å². The molecule has 0 aliphatic carbocycles. The van der Waals surface area contributed by atoms with Crippen molar-refractivity contribution in [2.75, 3.05) is 27.7 Å². The summed E-state index contributed by atoms with van der Waals surface area (Å²) in [5, 5.41) is 9.36. The van der Waals surface area contributed by atoms with Crippen molar-refractivity contribution in [2.45, 2.75) is 18.9 Å². The maximum atomic E-state index is 11.2. The zero-order chi connectivity index (χ0) is 11.6. The van der Waals surface area contributed by atoms with Crippen LogP contribution in [0.2, 0.25) is 0 Å². The molecule has 0 spiro atoms. The van der Waals surface area contributed by atoms with E-state index in [1.54, 1.807) is 0 Å². The molecule has 0 aromatic rings. The molecule has 4 nitrogen and oxygen atoms in total. The molecule has 0 aliphatic rings. The van der Waals surface area contributed by atoms with E-state index in [1.165, 1.54) is 6.92 Å². The first kappa shape index (κ1) is 13.5. The van der Waals surface area contributed by atoms with Gasteiger partial charge in [-0.2, -0.15) is 0 Å². The predicted octanol–water partition coefficient (Wildman–Crippen LogP) is -0.524. The van der Waals surface area contributed by atoms with Gasteiger partial charge in [0.25, 0.3) is 0 Å². The van der Waals surface area contributed by atoms with Crippen LogP contribution in [-0.4, -0.2) is 53.8 Å². The van der Waals surface area contributed by atoms with E-state index in [-0.39, 0.29) is 13.0 Å². The number of nitrogens with zero attached hydrogens (tertiary/aromatic N) is 1. The van der Waals surface area contributed by atoms with Gasteiger partial charge < -0.3 is 27.0 Å². The summed E-state index contributed by atoms with van der Waals surface area (Å²) < 4.78 is 0.401. The van der Waals surface area contributed by atoms with Crippen molar-refractivity contribution < 1.29 is 19.2 Å². The highest BCUT2D eigenvalue weighted by Crippen LogP contribution is 2.15. The van der Waals surface area contributed by atoms with Crippen molar-refractivity contribution in [1.29, 1.82) is 0 Å². The molecule has 0 heterocycles. The van der Waals surface area contributed by atoms with Crippen LogP contribution in [0.1, 0.15) is 13.3 Å². The van der Waals surface area contributed by atoms with Gasteiger partial charge in [0.2, 0.25) is 0 Å². The molecule has 0 amide bonds. The Morgan fingerprint density at radius 2 is 1.79 bits per heavy atom. The summed E-state index contributed by atoms with van der Waals surface area (Å²) in [6, 6.07) is 0. The zero-order valence-electron chi connectivity index (χ0n) is 9.03. The van der Waals surface area contributed by atoms with E-state index in [0.717, 1.165) is 0 Å². The van der Waals surface area contributed by atoms with E-state index in [9.17, 15) is 14.7 Å². The number of likely N-dealkylation sites (N-methyl/N-ethyl adjacent to an activating group) is 1. The maximum absolute atomic E-state index is 11.2. The van der Waals surface area contributed by atoms with Gasteiger partial charge in [0.05, 0.1) is 21.1 Å². The van der Waals surface area contributed by atoms with Gasteiger partial charge in [-0.1, -0.05) is 0 Å².